The Morgan fingerprint density at radius 2 is 2.05 bits per heavy atom. The van der Waals surface area contributed by atoms with Gasteiger partial charge in [-0.25, -0.2) is 9.79 Å². The van der Waals surface area contributed by atoms with Crippen LogP contribution in [0.4, 0.5) is 5.69 Å². The first-order valence-corrected chi connectivity index (χ1v) is 13.5. The molecule has 0 radical (unpaired) electrons. The fourth-order valence-corrected chi connectivity index (χ4v) is 5.34. The number of allylic oxidation sites excluding steroid dienone is 1. The summed E-state index contributed by atoms with van der Waals surface area (Å²) in [7, 11) is 1.52. The molecule has 0 amide bonds. The SMILES string of the molecule is C=CCOC(=O)C1=C(C)N=c2s/c(=C\c3cccc([N+](=O)[O-])c3)c(=O)n2C1c1ccc(OCCCC)c(OC)c1. The number of nitro benzene ring substituents is 1. The fourth-order valence-electron chi connectivity index (χ4n) is 4.29. The number of hydrogen-bond donors (Lipinski definition) is 0. The number of aromatic nitrogens is 1. The van der Waals surface area contributed by atoms with Crippen molar-refractivity contribution in [3.63, 3.8) is 0 Å². The monoisotopic (exact) mass is 563 g/mol. The highest BCUT2D eigenvalue weighted by molar-refractivity contribution is 7.07. The zero-order valence-electron chi connectivity index (χ0n) is 22.4. The molecule has 10 nitrogen and oxygen atoms in total. The maximum absolute atomic E-state index is 13.8. The van der Waals surface area contributed by atoms with E-state index >= 15 is 0 Å². The van der Waals surface area contributed by atoms with Crippen molar-refractivity contribution in [2.75, 3.05) is 20.3 Å². The Hall–Kier alpha value is -4.51. The van der Waals surface area contributed by atoms with Gasteiger partial charge in [-0.3, -0.25) is 19.5 Å². The molecule has 0 N–H and O–H groups in total. The van der Waals surface area contributed by atoms with Gasteiger partial charge in [-0.05, 0) is 42.7 Å². The average molecular weight is 564 g/mol. The summed E-state index contributed by atoms with van der Waals surface area (Å²) in [5.41, 5.74) is 1.22. The number of thiazole rings is 1. The molecule has 11 heteroatoms. The lowest BCUT2D eigenvalue weighted by atomic mass is 9.95. The van der Waals surface area contributed by atoms with Crippen LogP contribution in [0.1, 0.15) is 43.9 Å². The number of non-ortho nitro benzene ring substituents is 1. The van der Waals surface area contributed by atoms with Gasteiger partial charge < -0.3 is 14.2 Å². The van der Waals surface area contributed by atoms with E-state index in [-0.39, 0.29) is 17.9 Å². The van der Waals surface area contributed by atoms with Gasteiger partial charge in [0, 0.05) is 12.1 Å². The predicted molar refractivity (Wildman–Crippen MR) is 151 cm³/mol. The van der Waals surface area contributed by atoms with E-state index in [0.717, 1.165) is 24.2 Å². The van der Waals surface area contributed by atoms with Crippen molar-refractivity contribution >= 4 is 29.1 Å². The molecule has 2 aromatic carbocycles. The first kappa shape index (κ1) is 28.5. The van der Waals surface area contributed by atoms with Crippen LogP contribution in [0.3, 0.4) is 0 Å². The Labute approximate surface area is 234 Å². The van der Waals surface area contributed by atoms with Crippen LogP contribution >= 0.6 is 11.3 Å². The van der Waals surface area contributed by atoms with E-state index < -0.39 is 22.5 Å². The third kappa shape index (κ3) is 5.89. The Kier molecular flexibility index (Phi) is 8.95. The third-order valence-corrected chi connectivity index (χ3v) is 7.19. The molecule has 0 bridgehead atoms. The molecule has 0 saturated carbocycles. The molecular formula is C29H29N3O7S. The second-order valence-electron chi connectivity index (χ2n) is 8.93. The maximum atomic E-state index is 13.8. The number of rotatable bonds is 11. The van der Waals surface area contributed by atoms with Gasteiger partial charge >= 0.3 is 5.97 Å². The molecule has 1 atom stereocenters. The van der Waals surface area contributed by atoms with Crippen molar-refractivity contribution in [2.45, 2.75) is 32.7 Å². The molecule has 0 fully saturated rings. The van der Waals surface area contributed by atoms with Gasteiger partial charge in [-0.1, -0.05) is 55.5 Å². The first-order valence-electron chi connectivity index (χ1n) is 12.6. The van der Waals surface area contributed by atoms with E-state index in [0.29, 0.717) is 44.3 Å². The molecular weight excluding hydrogens is 534 g/mol. The number of carbonyl (C=O) groups is 1. The highest BCUT2D eigenvalue weighted by Gasteiger charge is 2.34. The number of hydrogen-bond acceptors (Lipinski definition) is 9. The van der Waals surface area contributed by atoms with Crippen molar-refractivity contribution < 1.29 is 23.9 Å². The van der Waals surface area contributed by atoms with Gasteiger partial charge in [0.15, 0.2) is 16.3 Å². The number of carbonyl (C=O) groups excluding carboxylic acids is 1. The zero-order valence-corrected chi connectivity index (χ0v) is 23.2. The lowest BCUT2D eigenvalue weighted by Crippen LogP contribution is -2.40. The standard InChI is InChI=1S/C29H29N3O7S/c1-5-7-14-38-22-12-11-20(17-23(22)37-4)26-25(28(34)39-13-6-2)18(3)30-29-31(26)27(33)24(40-29)16-19-9-8-10-21(15-19)32(35)36/h6,8-12,15-17,26H,2,5,7,13-14H2,1,3-4H3/b24-16-. The lowest BCUT2D eigenvalue weighted by molar-refractivity contribution is -0.384. The molecule has 2 heterocycles. The number of esters is 1. The number of methoxy groups -OCH3 is 1. The van der Waals surface area contributed by atoms with E-state index in [2.05, 4.69) is 18.5 Å². The minimum atomic E-state index is -0.862. The Morgan fingerprint density at radius 1 is 1.25 bits per heavy atom. The number of nitro groups is 1. The van der Waals surface area contributed by atoms with Crippen LogP contribution in [0.2, 0.25) is 0 Å². The summed E-state index contributed by atoms with van der Waals surface area (Å²) < 4.78 is 18.6. The molecule has 1 aromatic heterocycles. The second kappa shape index (κ2) is 12.6. The number of fused-ring (bicyclic) bond motifs is 1. The third-order valence-electron chi connectivity index (χ3n) is 6.21. The average Bonchev–Trinajstić information content (AvgIpc) is 3.25. The maximum Gasteiger partial charge on any atom is 0.338 e. The predicted octanol–water partition coefficient (Wildman–Crippen LogP) is 4.06. The van der Waals surface area contributed by atoms with Crippen LogP contribution in [-0.4, -0.2) is 35.8 Å². The van der Waals surface area contributed by atoms with Crippen LogP contribution in [-0.2, 0) is 9.53 Å². The van der Waals surface area contributed by atoms with E-state index in [1.54, 1.807) is 43.3 Å². The van der Waals surface area contributed by atoms with Gasteiger partial charge in [0.25, 0.3) is 11.2 Å². The van der Waals surface area contributed by atoms with Crippen molar-refractivity contribution in [1.82, 2.24) is 4.57 Å². The molecule has 1 unspecified atom stereocenters. The summed E-state index contributed by atoms with van der Waals surface area (Å²) in [5.74, 6) is 0.386. The van der Waals surface area contributed by atoms with Crippen LogP contribution in [0.15, 0.2) is 76.2 Å². The molecule has 4 rings (SSSR count). The Bertz CT molecular complexity index is 1670. The van der Waals surface area contributed by atoms with Gasteiger partial charge in [0.05, 0.1) is 40.5 Å². The Balaban J connectivity index is 1.89. The smallest absolute Gasteiger partial charge is 0.338 e. The molecule has 40 heavy (non-hydrogen) atoms. The van der Waals surface area contributed by atoms with Gasteiger partial charge in [0.1, 0.15) is 6.61 Å². The van der Waals surface area contributed by atoms with Crippen molar-refractivity contribution in [1.29, 1.82) is 0 Å². The summed E-state index contributed by atoms with van der Waals surface area (Å²) >= 11 is 1.13. The van der Waals surface area contributed by atoms with Gasteiger partial charge in [-0.2, -0.15) is 0 Å². The van der Waals surface area contributed by atoms with Crippen molar-refractivity contribution in [3.05, 3.63) is 107 Å². The highest BCUT2D eigenvalue weighted by Crippen LogP contribution is 2.36. The van der Waals surface area contributed by atoms with E-state index in [1.165, 1.54) is 29.9 Å². The largest absolute Gasteiger partial charge is 0.493 e. The molecule has 3 aromatic rings. The van der Waals surface area contributed by atoms with E-state index in [4.69, 9.17) is 14.2 Å². The van der Waals surface area contributed by atoms with E-state index in [9.17, 15) is 19.7 Å². The summed E-state index contributed by atoms with van der Waals surface area (Å²) in [6.07, 6.45) is 4.90. The summed E-state index contributed by atoms with van der Waals surface area (Å²) in [4.78, 5) is 42.7. The lowest BCUT2D eigenvalue weighted by Gasteiger charge is -2.25. The number of ether oxygens (including phenoxy) is 3. The highest BCUT2D eigenvalue weighted by atomic mass is 32.1. The summed E-state index contributed by atoms with van der Waals surface area (Å²) in [5, 5.41) is 11.2. The van der Waals surface area contributed by atoms with Crippen LogP contribution in [0.5, 0.6) is 11.5 Å². The minimum Gasteiger partial charge on any atom is -0.493 e. The van der Waals surface area contributed by atoms with E-state index in [1.807, 2.05) is 0 Å². The van der Waals surface area contributed by atoms with Crippen LogP contribution in [0, 0.1) is 10.1 Å². The van der Waals surface area contributed by atoms with Crippen LogP contribution in [0.25, 0.3) is 6.08 Å². The quantitative estimate of drug-likeness (QED) is 0.113. The topological polar surface area (TPSA) is 122 Å². The van der Waals surface area contributed by atoms with Gasteiger partial charge in [-0.15, -0.1) is 0 Å². The second-order valence-corrected chi connectivity index (χ2v) is 9.94. The number of nitrogens with zero attached hydrogens (tertiary/aromatic N) is 3. The molecule has 0 spiro atoms. The van der Waals surface area contributed by atoms with Crippen molar-refractivity contribution in [3.8, 4) is 11.5 Å². The molecule has 0 saturated heterocycles. The first-order chi connectivity index (χ1) is 19.3. The number of unbranched alkanes of at least 4 members (excludes halogenated alkanes) is 1. The summed E-state index contributed by atoms with van der Waals surface area (Å²) in [6, 6.07) is 10.4. The normalized spacial score (nSPS) is 14.8. The molecule has 1 aliphatic heterocycles. The number of benzene rings is 2. The van der Waals surface area contributed by atoms with Gasteiger partial charge in [0.2, 0.25) is 0 Å². The van der Waals surface area contributed by atoms with Crippen LogP contribution < -0.4 is 24.4 Å². The summed E-state index contributed by atoms with van der Waals surface area (Å²) in [6.45, 7) is 7.88. The molecule has 0 aliphatic carbocycles. The molecule has 1 aliphatic rings. The molecule has 208 valence electrons. The Morgan fingerprint density at radius 3 is 2.75 bits per heavy atom. The minimum absolute atomic E-state index is 0.00688. The zero-order chi connectivity index (χ0) is 28.8. The fraction of sp³-hybridized carbons (Fsp3) is 0.276. The van der Waals surface area contributed by atoms with Crippen molar-refractivity contribution in [2.24, 2.45) is 4.99 Å².